The minimum absolute atomic E-state index is 0.0315. The SMILES string of the molecule is CN(C(=O)CCNC(=O)c1ccc2ccccc2c1)C1CCN(c2ccc(F)cc2)CC1. The molecule has 1 aliphatic heterocycles. The number of nitrogens with zero attached hydrogens (tertiary/aromatic N) is 2. The Bertz CT molecular complexity index is 1090. The standard InChI is InChI=1S/C26H28FN3O2/c1-29(23-13-16-30(17-14-23)24-10-8-22(27)9-11-24)25(31)12-15-28-26(32)21-7-6-19-4-2-3-5-20(19)18-21/h2-11,18,23H,12-17H2,1H3,(H,28,32). The Morgan fingerprint density at radius 1 is 1.00 bits per heavy atom. The summed E-state index contributed by atoms with van der Waals surface area (Å²) >= 11 is 0. The lowest BCUT2D eigenvalue weighted by molar-refractivity contribution is -0.132. The summed E-state index contributed by atoms with van der Waals surface area (Å²) < 4.78 is 13.1. The molecule has 0 aromatic heterocycles. The van der Waals surface area contributed by atoms with Gasteiger partial charge in [0.2, 0.25) is 5.91 Å². The second-order valence-corrected chi connectivity index (χ2v) is 8.27. The first kappa shape index (κ1) is 21.8. The summed E-state index contributed by atoms with van der Waals surface area (Å²) in [4.78, 5) is 29.1. The van der Waals surface area contributed by atoms with Crippen molar-refractivity contribution in [2.45, 2.75) is 25.3 Å². The minimum Gasteiger partial charge on any atom is -0.371 e. The molecule has 0 atom stereocenters. The molecule has 6 heteroatoms. The van der Waals surface area contributed by atoms with Crippen molar-refractivity contribution in [3.05, 3.63) is 78.1 Å². The molecule has 1 fully saturated rings. The smallest absolute Gasteiger partial charge is 0.251 e. The van der Waals surface area contributed by atoms with Gasteiger partial charge < -0.3 is 15.1 Å². The number of nitrogens with one attached hydrogen (secondary N) is 1. The third-order valence-electron chi connectivity index (χ3n) is 6.23. The lowest BCUT2D eigenvalue weighted by Crippen LogP contribution is -2.46. The van der Waals surface area contributed by atoms with Gasteiger partial charge in [-0.05, 0) is 60.0 Å². The predicted molar refractivity (Wildman–Crippen MR) is 125 cm³/mol. The first-order valence-electron chi connectivity index (χ1n) is 11.0. The first-order valence-corrected chi connectivity index (χ1v) is 11.0. The average Bonchev–Trinajstić information content (AvgIpc) is 2.83. The van der Waals surface area contributed by atoms with Crippen LogP contribution in [0, 0.1) is 5.82 Å². The largest absolute Gasteiger partial charge is 0.371 e. The highest BCUT2D eigenvalue weighted by Crippen LogP contribution is 2.22. The Hall–Kier alpha value is -3.41. The fourth-order valence-electron chi connectivity index (χ4n) is 4.26. The number of rotatable bonds is 6. The maximum absolute atomic E-state index is 13.1. The van der Waals surface area contributed by atoms with Crippen molar-refractivity contribution in [3.63, 3.8) is 0 Å². The van der Waals surface area contributed by atoms with Crippen LogP contribution in [0.4, 0.5) is 10.1 Å². The Morgan fingerprint density at radius 3 is 2.41 bits per heavy atom. The quantitative estimate of drug-likeness (QED) is 0.633. The highest BCUT2D eigenvalue weighted by molar-refractivity contribution is 5.98. The minimum atomic E-state index is -0.235. The zero-order valence-electron chi connectivity index (χ0n) is 18.3. The van der Waals surface area contributed by atoms with Crippen molar-refractivity contribution in [2.75, 3.05) is 31.6 Å². The van der Waals surface area contributed by atoms with Crippen LogP contribution >= 0.6 is 0 Å². The van der Waals surface area contributed by atoms with Crippen LogP contribution in [0.1, 0.15) is 29.6 Å². The van der Waals surface area contributed by atoms with Crippen molar-refractivity contribution in [3.8, 4) is 0 Å². The van der Waals surface area contributed by atoms with Crippen LogP contribution in [0.3, 0.4) is 0 Å². The number of carbonyl (C=O) groups excluding carboxylic acids is 2. The van der Waals surface area contributed by atoms with E-state index in [9.17, 15) is 14.0 Å². The molecule has 4 rings (SSSR count). The number of fused-ring (bicyclic) bond motifs is 1. The number of hydrogen-bond acceptors (Lipinski definition) is 3. The van der Waals surface area contributed by atoms with Gasteiger partial charge in [-0.2, -0.15) is 0 Å². The summed E-state index contributed by atoms with van der Waals surface area (Å²) in [6.07, 6.45) is 2.00. The second-order valence-electron chi connectivity index (χ2n) is 8.27. The topological polar surface area (TPSA) is 52.7 Å². The summed E-state index contributed by atoms with van der Waals surface area (Å²) in [6, 6.07) is 20.2. The third-order valence-corrected chi connectivity index (χ3v) is 6.23. The molecule has 1 heterocycles. The van der Waals surface area contributed by atoms with Gasteiger partial charge in [-0.3, -0.25) is 9.59 Å². The fraction of sp³-hybridized carbons (Fsp3) is 0.308. The van der Waals surface area contributed by atoms with Gasteiger partial charge in [0.05, 0.1) is 0 Å². The molecular formula is C26H28FN3O2. The van der Waals surface area contributed by atoms with Gasteiger partial charge >= 0.3 is 0 Å². The van der Waals surface area contributed by atoms with E-state index in [0.717, 1.165) is 42.4 Å². The summed E-state index contributed by atoms with van der Waals surface area (Å²) in [5.41, 5.74) is 1.60. The van der Waals surface area contributed by atoms with Gasteiger partial charge in [0.25, 0.3) is 5.91 Å². The predicted octanol–water partition coefficient (Wildman–Crippen LogP) is 4.23. The molecule has 3 aromatic rings. The molecule has 0 radical (unpaired) electrons. The van der Waals surface area contributed by atoms with E-state index >= 15 is 0 Å². The highest BCUT2D eigenvalue weighted by Gasteiger charge is 2.25. The van der Waals surface area contributed by atoms with E-state index < -0.39 is 0 Å². The second kappa shape index (κ2) is 9.81. The van der Waals surface area contributed by atoms with Crippen LogP contribution in [0.25, 0.3) is 10.8 Å². The van der Waals surface area contributed by atoms with Crippen molar-refractivity contribution in [1.82, 2.24) is 10.2 Å². The number of halogens is 1. The number of carbonyl (C=O) groups is 2. The third kappa shape index (κ3) is 5.07. The maximum Gasteiger partial charge on any atom is 0.251 e. The van der Waals surface area contributed by atoms with E-state index in [2.05, 4.69) is 10.2 Å². The van der Waals surface area contributed by atoms with E-state index in [1.165, 1.54) is 12.1 Å². The molecule has 0 saturated carbocycles. The van der Waals surface area contributed by atoms with Crippen LogP contribution < -0.4 is 10.2 Å². The Kier molecular flexibility index (Phi) is 6.69. The fourth-order valence-corrected chi connectivity index (χ4v) is 4.26. The van der Waals surface area contributed by atoms with E-state index in [0.29, 0.717) is 12.1 Å². The first-order chi connectivity index (χ1) is 15.5. The van der Waals surface area contributed by atoms with Gasteiger partial charge in [-0.15, -0.1) is 0 Å². The molecule has 1 N–H and O–H groups in total. The Balaban J connectivity index is 1.23. The molecule has 2 amide bonds. The molecule has 3 aromatic carbocycles. The molecule has 0 spiro atoms. The van der Waals surface area contributed by atoms with E-state index in [4.69, 9.17) is 0 Å². The molecule has 5 nitrogen and oxygen atoms in total. The Labute approximate surface area is 187 Å². The number of piperidine rings is 1. The van der Waals surface area contributed by atoms with E-state index in [1.54, 1.807) is 18.2 Å². The summed E-state index contributed by atoms with van der Waals surface area (Å²) in [5, 5.41) is 4.97. The molecule has 32 heavy (non-hydrogen) atoms. The zero-order chi connectivity index (χ0) is 22.5. The molecule has 1 aliphatic rings. The zero-order valence-corrected chi connectivity index (χ0v) is 18.3. The van der Waals surface area contributed by atoms with Crippen LogP contribution in [0.2, 0.25) is 0 Å². The normalized spacial score (nSPS) is 14.4. The molecule has 0 unspecified atom stereocenters. The van der Waals surface area contributed by atoms with Gasteiger partial charge in [0, 0.05) is 50.4 Å². The van der Waals surface area contributed by atoms with E-state index in [1.807, 2.05) is 48.3 Å². The summed E-state index contributed by atoms with van der Waals surface area (Å²) in [6.45, 7) is 1.96. The van der Waals surface area contributed by atoms with E-state index in [-0.39, 0.29) is 30.1 Å². The lowest BCUT2D eigenvalue weighted by Gasteiger charge is -2.38. The van der Waals surface area contributed by atoms with Crippen molar-refractivity contribution in [1.29, 1.82) is 0 Å². The van der Waals surface area contributed by atoms with Gasteiger partial charge in [0.1, 0.15) is 5.82 Å². The molecule has 0 bridgehead atoms. The molecule has 1 saturated heterocycles. The average molecular weight is 434 g/mol. The Morgan fingerprint density at radius 2 is 1.69 bits per heavy atom. The number of anilines is 1. The highest BCUT2D eigenvalue weighted by atomic mass is 19.1. The van der Waals surface area contributed by atoms with Crippen LogP contribution in [-0.2, 0) is 4.79 Å². The van der Waals surface area contributed by atoms with Gasteiger partial charge in [-0.25, -0.2) is 4.39 Å². The van der Waals surface area contributed by atoms with Crippen LogP contribution in [0.5, 0.6) is 0 Å². The van der Waals surface area contributed by atoms with Crippen molar-refractivity contribution >= 4 is 28.3 Å². The van der Waals surface area contributed by atoms with Gasteiger partial charge in [0.15, 0.2) is 0 Å². The van der Waals surface area contributed by atoms with Gasteiger partial charge in [-0.1, -0.05) is 30.3 Å². The lowest BCUT2D eigenvalue weighted by atomic mass is 10.0. The molecule has 0 aliphatic carbocycles. The maximum atomic E-state index is 13.1. The molecular weight excluding hydrogens is 405 g/mol. The van der Waals surface area contributed by atoms with Crippen LogP contribution in [0.15, 0.2) is 66.7 Å². The number of hydrogen-bond donors (Lipinski definition) is 1. The van der Waals surface area contributed by atoms with Crippen molar-refractivity contribution < 1.29 is 14.0 Å². The number of benzene rings is 3. The summed E-state index contributed by atoms with van der Waals surface area (Å²) in [7, 11) is 1.84. The summed E-state index contributed by atoms with van der Waals surface area (Å²) in [5.74, 6) is -0.371. The molecule has 166 valence electrons. The van der Waals surface area contributed by atoms with Crippen molar-refractivity contribution in [2.24, 2.45) is 0 Å². The number of amides is 2. The monoisotopic (exact) mass is 433 g/mol. The van der Waals surface area contributed by atoms with Crippen LogP contribution in [-0.4, -0.2) is 49.4 Å².